The molecule has 0 aliphatic rings. The molecule has 0 saturated heterocycles. The van der Waals surface area contributed by atoms with Gasteiger partial charge in [0.25, 0.3) is 5.89 Å². The van der Waals surface area contributed by atoms with E-state index in [1.807, 2.05) is 12.1 Å². The van der Waals surface area contributed by atoms with Crippen LogP contribution in [0.3, 0.4) is 0 Å². The van der Waals surface area contributed by atoms with Gasteiger partial charge >= 0.3 is 0 Å². The summed E-state index contributed by atoms with van der Waals surface area (Å²) in [7, 11) is 0. The van der Waals surface area contributed by atoms with Gasteiger partial charge in [-0.05, 0) is 62.0 Å². The number of aromatic nitrogens is 1. The Morgan fingerprint density at radius 3 is 1.96 bits per heavy atom. The van der Waals surface area contributed by atoms with Crippen LogP contribution in [0.1, 0.15) is 11.1 Å². The van der Waals surface area contributed by atoms with Crippen molar-refractivity contribution < 1.29 is 8.83 Å². The van der Waals surface area contributed by atoms with Crippen LogP contribution in [0.4, 0.5) is 0 Å². The molecule has 0 atom stereocenters. The SMILES string of the molecule is Cc1ccc(Sc2nc(-c3ccco3)oc2Sc2ccc(C)cc2)cc1. The maximum Gasteiger partial charge on any atom is 0.265 e. The highest BCUT2D eigenvalue weighted by atomic mass is 32.2. The Morgan fingerprint density at radius 2 is 1.38 bits per heavy atom. The summed E-state index contributed by atoms with van der Waals surface area (Å²) < 4.78 is 11.5. The predicted molar refractivity (Wildman–Crippen MR) is 105 cm³/mol. The summed E-state index contributed by atoms with van der Waals surface area (Å²) in [6.45, 7) is 4.16. The minimum Gasteiger partial charge on any atom is -0.459 e. The van der Waals surface area contributed by atoms with Crippen LogP contribution in [0.5, 0.6) is 0 Å². The standard InChI is InChI=1S/C21H17NO2S2/c1-14-5-9-16(10-6-14)25-20-21(26-17-11-7-15(2)8-12-17)24-19(22-20)18-4-3-13-23-18/h3-13H,1-2H3. The van der Waals surface area contributed by atoms with Crippen LogP contribution in [-0.4, -0.2) is 4.98 Å². The molecule has 2 aromatic heterocycles. The first-order valence-corrected chi connectivity index (χ1v) is 9.84. The number of hydrogen-bond donors (Lipinski definition) is 0. The predicted octanol–water partition coefficient (Wildman–Crippen LogP) is 6.85. The highest BCUT2D eigenvalue weighted by Crippen LogP contribution is 2.41. The molecule has 0 bridgehead atoms. The Bertz CT molecular complexity index is 923. The zero-order chi connectivity index (χ0) is 17.9. The van der Waals surface area contributed by atoms with E-state index in [9.17, 15) is 0 Å². The Morgan fingerprint density at radius 1 is 0.769 bits per heavy atom. The molecule has 0 radical (unpaired) electrons. The fourth-order valence-electron chi connectivity index (χ4n) is 2.36. The van der Waals surface area contributed by atoms with E-state index < -0.39 is 0 Å². The van der Waals surface area contributed by atoms with E-state index in [2.05, 4.69) is 67.4 Å². The van der Waals surface area contributed by atoms with E-state index in [0.29, 0.717) is 11.7 Å². The molecule has 130 valence electrons. The summed E-state index contributed by atoms with van der Waals surface area (Å²) in [4.78, 5) is 6.91. The highest BCUT2D eigenvalue weighted by molar-refractivity contribution is 8.02. The summed E-state index contributed by atoms with van der Waals surface area (Å²) in [5.41, 5.74) is 2.47. The van der Waals surface area contributed by atoms with E-state index in [0.717, 1.165) is 19.9 Å². The van der Waals surface area contributed by atoms with Crippen molar-refractivity contribution in [2.75, 3.05) is 0 Å². The average Bonchev–Trinajstić information content (AvgIpc) is 3.29. The van der Waals surface area contributed by atoms with Gasteiger partial charge in [-0.15, -0.1) is 0 Å². The summed E-state index contributed by atoms with van der Waals surface area (Å²) in [6.07, 6.45) is 1.62. The molecule has 0 N–H and O–H groups in total. The van der Waals surface area contributed by atoms with Gasteiger partial charge < -0.3 is 8.83 Å². The molecule has 26 heavy (non-hydrogen) atoms. The lowest BCUT2D eigenvalue weighted by atomic mass is 10.2. The summed E-state index contributed by atoms with van der Waals surface area (Å²) >= 11 is 3.17. The first kappa shape index (κ1) is 17.1. The summed E-state index contributed by atoms with van der Waals surface area (Å²) in [5.74, 6) is 1.13. The molecule has 0 spiro atoms. The summed E-state index contributed by atoms with van der Waals surface area (Å²) in [5, 5.41) is 1.61. The van der Waals surface area contributed by atoms with Crippen molar-refractivity contribution in [2.45, 2.75) is 33.8 Å². The van der Waals surface area contributed by atoms with Crippen molar-refractivity contribution in [2.24, 2.45) is 0 Å². The molecular formula is C21H17NO2S2. The number of rotatable bonds is 5. The van der Waals surface area contributed by atoms with Crippen molar-refractivity contribution in [3.05, 3.63) is 78.1 Å². The second-order valence-corrected chi connectivity index (χ2v) is 8.03. The Balaban J connectivity index is 1.67. The average molecular weight is 380 g/mol. The molecule has 2 aromatic carbocycles. The van der Waals surface area contributed by atoms with Crippen molar-refractivity contribution in [1.82, 2.24) is 4.98 Å². The molecule has 4 aromatic rings. The molecule has 2 heterocycles. The second-order valence-electron chi connectivity index (χ2n) is 5.92. The molecule has 4 rings (SSSR count). The monoisotopic (exact) mass is 379 g/mol. The maximum atomic E-state index is 6.03. The summed E-state index contributed by atoms with van der Waals surface area (Å²) in [6, 6.07) is 20.5. The molecule has 0 aliphatic carbocycles. The van der Waals surface area contributed by atoms with Gasteiger partial charge in [0.2, 0.25) is 5.09 Å². The number of aryl methyl sites for hydroxylation is 2. The second kappa shape index (κ2) is 7.48. The number of benzene rings is 2. The van der Waals surface area contributed by atoms with E-state index >= 15 is 0 Å². The third kappa shape index (κ3) is 3.89. The Labute approximate surface area is 160 Å². The fourth-order valence-corrected chi connectivity index (χ4v) is 4.10. The third-order valence-corrected chi connectivity index (χ3v) is 5.84. The molecule has 5 heteroatoms. The van der Waals surface area contributed by atoms with E-state index in [1.165, 1.54) is 11.1 Å². The topological polar surface area (TPSA) is 39.2 Å². The third-order valence-electron chi connectivity index (χ3n) is 3.77. The first-order chi connectivity index (χ1) is 12.7. The van der Waals surface area contributed by atoms with Crippen molar-refractivity contribution in [1.29, 1.82) is 0 Å². The van der Waals surface area contributed by atoms with Gasteiger partial charge in [-0.2, -0.15) is 4.98 Å². The van der Waals surface area contributed by atoms with Gasteiger partial charge in [-0.1, -0.05) is 47.2 Å². The van der Waals surface area contributed by atoms with Gasteiger partial charge in [-0.3, -0.25) is 0 Å². The van der Waals surface area contributed by atoms with E-state index in [-0.39, 0.29) is 0 Å². The number of furan rings is 1. The van der Waals surface area contributed by atoms with Crippen LogP contribution in [0.15, 0.2) is 95.7 Å². The molecule has 0 aliphatic heterocycles. The smallest absolute Gasteiger partial charge is 0.265 e. The van der Waals surface area contributed by atoms with Crippen LogP contribution in [0.2, 0.25) is 0 Å². The zero-order valence-electron chi connectivity index (χ0n) is 14.4. The highest BCUT2D eigenvalue weighted by Gasteiger charge is 2.18. The lowest BCUT2D eigenvalue weighted by Gasteiger charge is -2.02. The van der Waals surface area contributed by atoms with Gasteiger partial charge in [0.15, 0.2) is 10.8 Å². The lowest BCUT2D eigenvalue weighted by molar-refractivity contribution is 0.453. The molecule has 0 saturated carbocycles. The van der Waals surface area contributed by atoms with Gasteiger partial charge in [0.1, 0.15) is 0 Å². The van der Waals surface area contributed by atoms with E-state index in [1.54, 1.807) is 29.8 Å². The van der Waals surface area contributed by atoms with Crippen molar-refractivity contribution in [3.8, 4) is 11.7 Å². The Hall–Kier alpha value is -2.37. The minimum absolute atomic E-state index is 0.499. The van der Waals surface area contributed by atoms with Gasteiger partial charge in [-0.25, -0.2) is 0 Å². The largest absolute Gasteiger partial charge is 0.459 e. The molecule has 0 amide bonds. The lowest BCUT2D eigenvalue weighted by Crippen LogP contribution is -1.79. The van der Waals surface area contributed by atoms with Gasteiger partial charge in [0.05, 0.1) is 6.26 Å². The molecule has 0 unspecified atom stereocenters. The van der Waals surface area contributed by atoms with E-state index in [4.69, 9.17) is 8.83 Å². The normalized spacial score (nSPS) is 11.0. The van der Waals surface area contributed by atoms with Crippen LogP contribution >= 0.6 is 23.5 Å². The van der Waals surface area contributed by atoms with Crippen LogP contribution in [0.25, 0.3) is 11.7 Å². The van der Waals surface area contributed by atoms with Crippen LogP contribution in [-0.2, 0) is 0 Å². The Kier molecular flexibility index (Phi) is 4.91. The van der Waals surface area contributed by atoms with Crippen LogP contribution < -0.4 is 0 Å². The number of hydrogen-bond acceptors (Lipinski definition) is 5. The fraction of sp³-hybridized carbons (Fsp3) is 0.0952. The molecular weight excluding hydrogens is 362 g/mol. The van der Waals surface area contributed by atoms with Crippen LogP contribution in [0, 0.1) is 13.8 Å². The molecule has 3 nitrogen and oxygen atoms in total. The van der Waals surface area contributed by atoms with Crippen molar-refractivity contribution >= 4 is 23.5 Å². The molecule has 0 fully saturated rings. The maximum absolute atomic E-state index is 6.03. The van der Waals surface area contributed by atoms with Gasteiger partial charge in [0, 0.05) is 9.79 Å². The first-order valence-electron chi connectivity index (χ1n) is 8.21. The van der Waals surface area contributed by atoms with Crippen molar-refractivity contribution in [3.63, 3.8) is 0 Å². The number of oxazole rings is 1. The quantitative estimate of drug-likeness (QED) is 0.379. The zero-order valence-corrected chi connectivity index (χ0v) is 16.1. The number of nitrogens with zero attached hydrogens (tertiary/aromatic N) is 1. The minimum atomic E-state index is 0.499.